The molecule has 1 fully saturated rings. The van der Waals surface area contributed by atoms with Crippen molar-refractivity contribution in [1.82, 2.24) is 5.32 Å². The average molecular weight is 290 g/mol. The van der Waals surface area contributed by atoms with Gasteiger partial charge in [-0.1, -0.05) is 19.1 Å². The van der Waals surface area contributed by atoms with Crippen LogP contribution in [-0.4, -0.2) is 30.4 Å². The van der Waals surface area contributed by atoms with Crippen molar-refractivity contribution in [2.75, 3.05) is 11.9 Å². The minimum Gasteiger partial charge on any atom is -0.456 e. The van der Waals surface area contributed by atoms with Gasteiger partial charge in [0.1, 0.15) is 0 Å². The third-order valence-electron chi connectivity index (χ3n) is 3.01. The van der Waals surface area contributed by atoms with Gasteiger partial charge in [0.05, 0.1) is 11.3 Å². The average Bonchev–Trinajstić information content (AvgIpc) is 3.29. The molecule has 1 aromatic carbocycles. The van der Waals surface area contributed by atoms with E-state index in [2.05, 4.69) is 10.6 Å². The third-order valence-corrected chi connectivity index (χ3v) is 3.01. The van der Waals surface area contributed by atoms with E-state index in [1.165, 1.54) is 0 Å². The summed E-state index contributed by atoms with van der Waals surface area (Å²) in [5, 5.41) is 5.46. The molecule has 0 atom stereocenters. The SMILES string of the molecule is CCC(=O)OCC(=O)Nc1ccccc1C(=O)NC1CC1. The molecular formula is C15H18N2O4. The molecule has 0 unspecified atom stereocenters. The van der Waals surface area contributed by atoms with Gasteiger partial charge in [-0.2, -0.15) is 0 Å². The van der Waals surface area contributed by atoms with E-state index in [4.69, 9.17) is 4.74 Å². The number of hydrogen-bond donors (Lipinski definition) is 2. The van der Waals surface area contributed by atoms with Crippen molar-refractivity contribution < 1.29 is 19.1 Å². The molecule has 21 heavy (non-hydrogen) atoms. The number of anilines is 1. The van der Waals surface area contributed by atoms with Crippen molar-refractivity contribution >= 4 is 23.5 Å². The fourth-order valence-corrected chi connectivity index (χ4v) is 1.72. The quantitative estimate of drug-likeness (QED) is 0.777. The number of rotatable bonds is 6. The van der Waals surface area contributed by atoms with Crippen LogP contribution in [0.15, 0.2) is 24.3 Å². The Hall–Kier alpha value is -2.37. The Kier molecular flexibility index (Phi) is 4.92. The highest BCUT2D eigenvalue weighted by atomic mass is 16.5. The van der Waals surface area contributed by atoms with E-state index in [1.807, 2.05) is 0 Å². The summed E-state index contributed by atoms with van der Waals surface area (Å²) in [6, 6.07) is 6.98. The molecule has 1 aliphatic carbocycles. The molecule has 0 aromatic heterocycles. The van der Waals surface area contributed by atoms with E-state index < -0.39 is 11.9 Å². The first-order valence-corrected chi connectivity index (χ1v) is 6.95. The molecule has 6 heteroatoms. The monoisotopic (exact) mass is 290 g/mol. The van der Waals surface area contributed by atoms with Crippen LogP contribution in [0.3, 0.4) is 0 Å². The highest BCUT2D eigenvalue weighted by Crippen LogP contribution is 2.21. The number of esters is 1. The van der Waals surface area contributed by atoms with Crippen molar-refractivity contribution in [3.05, 3.63) is 29.8 Å². The number of para-hydroxylation sites is 1. The van der Waals surface area contributed by atoms with Gasteiger partial charge >= 0.3 is 5.97 Å². The molecule has 1 aliphatic rings. The minimum atomic E-state index is -0.469. The van der Waals surface area contributed by atoms with Gasteiger partial charge in [0.15, 0.2) is 6.61 Å². The van der Waals surface area contributed by atoms with Crippen LogP contribution in [0.25, 0.3) is 0 Å². The van der Waals surface area contributed by atoms with Crippen LogP contribution < -0.4 is 10.6 Å². The summed E-state index contributed by atoms with van der Waals surface area (Å²) in [5.41, 5.74) is 0.813. The second kappa shape index (κ2) is 6.88. The number of benzene rings is 1. The largest absolute Gasteiger partial charge is 0.456 e. The topological polar surface area (TPSA) is 84.5 Å². The smallest absolute Gasteiger partial charge is 0.306 e. The van der Waals surface area contributed by atoms with Gasteiger partial charge in [0, 0.05) is 12.5 Å². The first-order valence-electron chi connectivity index (χ1n) is 6.95. The fourth-order valence-electron chi connectivity index (χ4n) is 1.72. The lowest BCUT2D eigenvalue weighted by atomic mass is 10.1. The van der Waals surface area contributed by atoms with E-state index in [1.54, 1.807) is 31.2 Å². The van der Waals surface area contributed by atoms with Crippen LogP contribution in [0, 0.1) is 0 Å². The summed E-state index contributed by atoms with van der Waals surface area (Å²) in [7, 11) is 0. The predicted molar refractivity (Wildman–Crippen MR) is 76.8 cm³/mol. The Bertz CT molecular complexity index is 552. The minimum absolute atomic E-state index is 0.209. The standard InChI is InChI=1S/C15H18N2O4/c1-2-14(19)21-9-13(18)17-12-6-4-3-5-11(12)15(20)16-10-7-8-10/h3-6,10H,2,7-9H2,1H3,(H,16,20)(H,17,18). The zero-order valence-electron chi connectivity index (χ0n) is 11.8. The molecule has 6 nitrogen and oxygen atoms in total. The van der Waals surface area contributed by atoms with Gasteiger partial charge in [-0.25, -0.2) is 0 Å². The van der Waals surface area contributed by atoms with Crippen LogP contribution in [0.1, 0.15) is 36.5 Å². The normalized spacial score (nSPS) is 13.4. The number of hydrogen-bond acceptors (Lipinski definition) is 4. The zero-order chi connectivity index (χ0) is 15.2. The summed E-state index contributed by atoms with van der Waals surface area (Å²) in [4.78, 5) is 34.8. The van der Waals surface area contributed by atoms with Gasteiger partial charge in [0.25, 0.3) is 11.8 Å². The summed E-state index contributed by atoms with van der Waals surface area (Å²) >= 11 is 0. The molecule has 112 valence electrons. The first kappa shape index (κ1) is 15.0. The highest BCUT2D eigenvalue weighted by Gasteiger charge is 2.25. The maximum Gasteiger partial charge on any atom is 0.306 e. The first-order chi connectivity index (χ1) is 10.1. The Balaban J connectivity index is 1.97. The van der Waals surface area contributed by atoms with Crippen LogP contribution in [-0.2, 0) is 14.3 Å². The molecule has 2 rings (SSSR count). The lowest BCUT2D eigenvalue weighted by molar-refractivity contribution is -0.146. The third kappa shape index (κ3) is 4.59. The van der Waals surface area contributed by atoms with Crippen molar-refractivity contribution in [2.24, 2.45) is 0 Å². The Morgan fingerprint density at radius 3 is 2.62 bits per heavy atom. The maximum absolute atomic E-state index is 12.1. The maximum atomic E-state index is 12.1. The summed E-state index contributed by atoms with van der Waals surface area (Å²) in [5.74, 6) is -1.12. The van der Waals surface area contributed by atoms with Crippen LogP contribution >= 0.6 is 0 Å². The predicted octanol–water partition coefficient (Wildman–Crippen LogP) is 1.47. The van der Waals surface area contributed by atoms with Crippen LogP contribution in [0.2, 0.25) is 0 Å². The van der Waals surface area contributed by atoms with Gasteiger partial charge in [-0.05, 0) is 25.0 Å². The number of nitrogens with one attached hydrogen (secondary N) is 2. The lowest BCUT2D eigenvalue weighted by Gasteiger charge is -2.11. The van der Waals surface area contributed by atoms with Crippen molar-refractivity contribution in [3.63, 3.8) is 0 Å². The Morgan fingerprint density at radius 2 is 1.95 bits per heavy atom. The molecule has 2 N–H and O–H groups in total. The summed E-state index contributed by atoms with van der Waals surface area (Å²) in [6.07, 6.45) is 2.20. The van der Waals surface area contributed by atoms with Gasteiger partial charge < -0.3 is 15.4 Å². The number of amides is 2. The van der Waals surface area contributed by atoms with E-state index in [9.17, 15) is 14.4 Å². The van der Waals surface area contributed by atoms with Crippen molar-refractivity contribution in [3.8, 4) is 0 Å². The fraction of sp³-hybridized carbons (Fsp3) is 0.400. The molecule has 1 aromatic rings. The molecule has 0 aliphatic heterocycles. The van der Waals surface area contributed by atoms with Crippen molar-refractivity contribution in [2.45, 2.75) is 32.2 Å². The van der Waals surface area contributed by atoms with E-state index in [-0.39, 0.29) is 25.0 Å². The Labute approximate surface area is 122 Å². The molecule has 2 amide bonds. The molecule has 0 bridgehead atoms. The molecule has 0 heterocycles. The number of carbonyl (C=O) groups excluding carboxylic acids is 3. The molecule has 0 spiro atoms. The van der Waals surface area contributed by atoms with E-state index in [0.29, 0.717) is 11.3 Å². The van der Waals surface area contributed by atoms with Gasteiger partial charge in [-0.3, -0.25) is 14.4 Å². The number of ether oxygens (including phenoxy) is 1. The molecule has 1 saturated carbocycles. The molecule has 0 saturated heterocycles. The summed E-state index contributed by atoms with van der Waals surface area (Å²) < 4.78 is 4.75. The number of carbonyl (C=O) groups is 3. The highest BCUT2D eigenvalue weighted by molar-refractivity contribution is 6.04. The van der Waals surface area contributed by atoms with Crippen molar-refractivity contribution in [1.29, 1.82) is 0 Å². The second-order valence-electron chi connectivity index (χ2n) is 4.86. The van der Waals surface area contributed by atoms with E-state index in [0.717, 1.165) is 12.8 Å². The lowest BCUT2D eigenvalue weighted by Crippen LogP contribution is -2.27. The van der Waals surface area contributed by atoms with Crippen LogP contribution in [0.5, 0.6) is 0 Å². The van der Waals surface area contributed by atoms with E-state index >= 15 is 0 Å². The van der Waals surface area contributed by atoms with Gasteiger partial charge in [0.2, 0.25) is 0 Å². The zero-order valence-corrected chi connectivity index (χ0v) is 11.8. The second-order valence-corrected chi connectivity index (χ2v) is 4.86. The molecule has 0 radical (unpaired) electrons. The van der Waals surface area contributed by atoms with Crippen LogP contribution in [0.4, 0.5) is 5.69 Å². The van der Waals surface area contributed by atoms with Gasteiger partial charge in [-0.15, -0.1) is 0 Å². The molecular weight excluding hydrogens is 272 g/mol. The summed E-state index contributed by atoms with van der Waals surface area (Å²) in [6.45, 7) is 1.29. The Morgan fingerprint density at radius 1 is 1.24 bits per heavy atom.